The summed E-state index contributed by atoms with van der Waals surface area (Å²) in [7, 11) is 2.99. The van der Waals surface area contributed by atoms with E-state index in [0.29, 0.717) is 39.9 Å². The molecule has 1 heterocycles. The van der Waals surface area contributed by atoms with Crippen molar-refractivity contribution in [3.63, 3.8) is 0 Å². The largest absolute Gasteiger partial charge is 0.494 e. The third-order valence-corrected chi connectivity index (χ3v) is 5.09. The van der Waals surface area contributed by atoms with Crippen LogP contribution < -0.4 is 20.1 Å². The summed E-state index contributed by atoms with van der Waals surface area (Å²) >= 11 is 0. The number of hydrogen-bond donors (Lipinski definition) is 2. The second kappa shape index (κ2) is 8.87. The number of benzene rings is 2. The van der Waals surface area contributed by atoms with E-state index in [1.165, 1.54) is 14.2 Å². The summed E-state index contributed by atoms with van der Waals surface area (Å²) in [6.07, 6.45) is 3.88. The van der Waals surface area contributed by atoms with Gasteiger partial charge in [0.2, 0.25) is 0 Å². The number of aromatic nitrogens is 1. The van der Waals surface area contributed by atoms with Crippen LogP contribution in [0, 0.1) is 0 Å². The maximum Gasteiger partial charge on any atom is 0.255 e. The van der Waals surface area contributed by atoms with Crippen molar-refractivity contribution in [2.24, 2.45) is 0 Å². The monoisotopic (exact) mass is 417 g/mol. The molecule has 2 aromatic carbocycles. The molecule has 0 aliphatic heterocycles. The summed E-state index contributed by atoms with van der Waals surface area (Å²) in [6.45, 7) is 0. The zero-order valence-electron chi connectivity index (χ0n) is 17.3. The number of anilines is 2. The molecule has 1 aliphatic rings. The van der Waals surface area contributed by atoms with E-state index >= 15 is 0 Å². The van der Waals surface area contributed by atoms with Crippen LogP contribution in [0.2, 0.25) is 0 Å². The van der Waals surface area contributed by atoms with Crippen LogP contribution in [-0.2, 0) is 0 Å². The van der Waals surface area contributed by atoms with Gasteiger partial charge in [0.25, 0.3) is 11.8 Å². The molecule has 0 atom stereocenters. The molecule has 0 unspecified atom stereocenters. The van der Waals surface area contributed by atoms with Crippen LogP contribution >= 0.6 is 0 Å². The van der Waals surface area contributed by atoms with Gasteiger partial charge in [-0.1, -0.05) is 18.2 Å². The predicted octanol–water partition coefficient (Wildman–Crippen LogP) is 4.48. The molecule has 1 aliphatic carbocycles. The fraction of sp³-hybridized carbons (Fsp3) is 0.208. The Hall–Kier alpha value is -3.87. The summed E-state index contributed by atoms with van der Waals surface area (Å²) in [5.74, 6) is 0.700. The highest BCUT2D eigenvalue weighted by atomic mass is 16.5. The van der Waals surface area contributed by atoms with Gasteiger partial charge in [0.15, 0.2) is 0 Å². The van der Waals surface area contributed by atoms with Crippen molar-refractivity contribution in [1.29, 1.82) is 0 Å². The summed E-state index contributed by atoms with van der Waals surface area (Å²) < 4.78 is 10.9. The Bertz CT molecular complexity index is 1110. The molecule has 0 spiro atoms. The summed E-state index contributed by atoms with van der Waals surface area (Å²) in [6, 6.07) is 15.6. The molecule has 7 nitrogen and oxygen atoms in total. The molecule has 2 N–H and O–H groups in total. The number of methoxy groups -OCH3 is 2. The zero-order valence-corrected chi connectivity index (χ0v) is 17.3. The number of hydrogen-bond acceptors (Lipinski definition) is 5. The number of nitrogens with one attached hydrogen (secondary N) is 2. The second-order valence-corrected chi connectivity index (χ2v) is 7.27. The molecule has 3 aromatic rings. The maximum atomic E-state index is 12.8. The lowest BCUT2D eigenvalue weighted by molar-refractivity contribution is 0.101. The van der Waals surface area contributed by atoms with Gasteiger partial charge in [-0.3, -0.25) is 14.6 Å². The van der Waals surface area contributed by atoms with Crippen LogP contribution in [0.1, 0.15) is 45.2 Å². The lowest BCUT2D eigenvalue weighted by Crippen LogP contribution is -2.15. The zero-order chi connectivity index (χ0) is 21.8. The molecule has 158 valence electrons. The SMILES string of the molecule is COc1cc(NC(=O)c2ccnc(C3CC3)c2)c(OC)cc1NC(=O)c1ccccc1. The van der Waals surface area contributed by atoms with Crippen LogP contribution in [0.25, 0.3) is 0 Å². The molecule has 1 aromatic heterocycles. The van der Waals surface area contributed by atoms with Crippen molar-refractivity contribution in [3.05, 3.63) is 77.6 Å². The Labute approximate surface area is 180 Å². The first-order valence-corrected chi connectivity index (χ1v) is 9.98. The minimum Gasteiger partial charge on any atom is -0.494 e. The molecular formula is C24H23N3O4. The minimum absolute atomic E-state index is 0.272. The van der Waals surface area contributed by atoms with E-state index in [2.05, 4.69) is 15.6 Å². The Kier molecular flexibility index (Phi) is 5.84. The topological polar surface area (TPSA) is 89.6 Å². The minimum atomic E-state index is -0.276. The average molecular weight is 417 g/mol. The van der Waals surface area contributed by atoms with Gasteiger partial charge in [-0.25, -0.2) is 0 Å². The van der Waals surface area contributed by atoms with Crippen molar-refractivity contribution in [2.75, 3.05) is 24.9 Å². The molecule has 0 bridgehead atoms. The van der Waals surface area contributed by atoms with Gasteiger partial charge >= 0.3 is 0 Å². The molecule has 7 heteroatoms. The van der Waals surface area contributed by atoms with Crippen molar-refractivity contribution in [2.45, 2.75) is 18.8 Å². The average Bonchev–Trinajstić information content (AvgIpc) is 3.66. The molecule has 1 fully saturated rings. The Morgan fingerprint density at radius 2 is 1.42 bits per heavy atom. The standard InChI is InChI=1S/C24H23N3O4/c1-30-21-14-20(27-24(29)17-10-11-25-18(12-17)15-8-9-15)22(31-2)13-19(21)26-23(28)16-6-4-3-5-7-16/h3-7,10-15H,8-9H2,1-2H3,(H,26,28)(H,27,29). The molecule has 4 rings (SSSR count). The summed E-state index contributed by atoms with van der Waals surface area (Å²) in [5, 5.41) is 5.69. The van der Waals surface area contributed by atoms with Crippen LogP contribution in [0.5, 0.6) is 11.5 Å². The van der Waals surface area contributed by atoms with Gasteiger partial charge in [0.1, 0.15) is 11.5 Å². The highest BCUT2D eigenvalue weighted by molar-refractivity contribution is 6.07. The highest BCUT2D eigenvalue weighted by Gasteiger charge is 2.25. The molecule has 31 heavy (non-hydrogen) atoms. The lowest BCUT2D eigenvalue weighted by Gasteiger charge is -2.16. The number of carbonyl (C=O) groups is 2. The van der Waals surface area contributed by atoms with E-state index < -0.39 is 0 Å². The Morgan fingerprint density at radius 1 is 0.839 bits per heavy atom. The quantitative estimate of drug-likeness (QED) is 0.592. The van der Waals surface area contributed by atoms with Gasteiger partial charge in [-0.05, 0) is 37.1 Å². The first-order chi connectivity index (χ1) is 15.1. The summed E-state index contributed by atoms with van der Waals surface area (Å²) in [4.78, 5) is 29.7. The molecular weight excluding hydrogens is 394 g/mol. The fourth-order valence-electron chi connectivity index (χ4n) is 3.26. The number of rotatable bonds is 7. The van der Waals surface area contributed by atoms with Crippen molar-refractivity contribution < 1.29 is 19.1 Å². The van der Waals surface area contributed by atoms with Gasteiger partial charge in [0, 0.05) is 41.1 Å². The Morgan fingerprint density at radius 3 is 1.97 bits per heavy atom. The molecule has 2 amide bonds. The molecule has 0 saturated heterocycles. The van der Waals surface area contributed by atoms with Gasteiger partial charge in [-0.15, -0.1) is 0 Å². The van der Waals surface area contributed by atoms with Crippen LogP contribution in [-0.4, -0.2) is 31.0 Å². The van der Waals surface area contributed by atoms with E-state index in [4.69, 9.17) is 9.47 Å². The maximum absolute atomic E-state index is 12.8. The van der Waals surface area contributed by atoms with Crippen LogP contribution in [0.4, 0.5) is 11.4 Å². The van der Waals surface area contributed by atoms with Gasteiger partial charge in [-0.2, -0.15) is 0 Å². The number of ether oxygens (including phenoxy) is 2. The number of carbonyl (C=O) groups excluding carboxylic acids is 2. The van der Waals surface area contributed by atoms with Gasteiger partial charge < -0.3 is 20.1 Å². The second-order valence-electron chi connectivity index (χ2n) is 7.27. The molecule has 0 radical (unpaired) electrons. The smallest absolute Gasteiger partial charge is 0.255 e. The van der Waals surface area contributed by atoms with E-state index in [1.54, 1.807) is 48.7 Å². The fourth-order valence-corrected chi connectivity index (χ4v) is 3.26. The summed E-state index contributed by atoms with van der Waals surface area (Å²) in [5.41, 5.74) is 2.86. The normalized spacial score (nSPS) is 12.7. The van der Waals surface area contributed by atoms with Crippen molar-refractivity contribution >= 4 is 23.2 Å². The van der Waals surface area contributed by atoms with E-state index in [-0.39, 0.29) is 11.8 Å². The van der Waals surface area contributed by atoms with Gasteiger partial charge in [0.05, 0.1) is 25.6 Å². The first-order valence-electron chi connectivity index (χ1n) is 9.98. The predicted molar refractivity (Wildman–Crippen MR) is 118 cm³/mol. The number of pyridine rings is 1. The van der Waals surface area contributed by atoms with Crippen LogP contribution in [0.15, 0.2) is 60.8 Å². The third kappa shape index (κ3) is 4.66. The van der Waals surface area contributed by atoms with E-state index in [1.807, 2.05) is 12.1 Å². The Balaban J connectivity index is 1.57. The van der Waals surface area contributed by atoms with Crippen LogP contribution in [0.3, 0.4) is 0 Å². The number of amides is 2. The highest BCUT2D eigenvalue weighted by Crippen LogP contribution is 2.39. The number of nitrogens with zero attached hydrogens (tertiary/aromatic N) is 1. The lowest BCUT2D eigenvalue weighted by atomic mass is 10.1. The van der Waals surface area contributed by atoms with Crippen molar-refractivity contribution in [3.8, 4) is 11.5 Å². The van der Waals surface area contributed by atoms with Crippen molar-refractivity contribution in [1.82, 2.24) is 4.98 Å². The van der Waals surface area contributed by atoms with E-state index in [0.717, 1.165) is 18.5 Å². The van der Waals surface area contributed by atoms with E-state index in [9.17, 15) is 9.59 Å². The third-order valence-electron chi connectivity index (χ3n) is 5.09. The molecule has 1 saturated carbocycles. The first kappa shape index (κ1) is 20.4.